The van der Waals surface area contributed by atoms with E-state index >= 15 is 0 Å². The predicted octanol–water partition coefficient (Wildman–Crippen LogP) is 3.21. The van der Waals surface area contributed by atoms with E-state index in [1.54, 1.807) is 0 Å². The zero-order chi connectivity index (χ0) is 12.9. The van der Waals surface area contributed by atoms with Crippen LogP contribution in [-0.4, -0.2) is 4.98 Å². The quantitative estimate of drug-likeness (QED) is 0.305. The maximum absolute atomic E-state index is 13.1. The normalized spacial score (nSPS) is 11.2. The highest BCUT2D eigenvalue weighted by Crippen LogP contribution is 2.30. The van der Waals surface area contributed by atoms with Crippen LogP contribution in [0.2, 0.25) is 0 Å². The molecule has 8 heteroatoms. The van der Waals surface area contributed by atoms with Crippen LogP contribution >= 0.6 is 0 Å². The lowest BCUT2D eigenvalue weighted by Crippen LogP contribution is -2.05. The summed E-state index contributed by atoms with van der Waals surface area (Å²) in [5.74, 6) is -15.3. The van der Waals surface area contributed by atoms with Gasteiger partial charge in [-0.3, -0.25) is 0 Å². The van der Waals surface area contributed by atoms with Crippen molar-refractivity contribution in [3.05, 3.63) is 41.0 Å². The molecule has 0 aliphatic heterocycles. The first-order valence-electron chi connectivity index (χ1n) is 4.02. The van der Waals surface area contributed by atoms with Gasteiger partial charge < -0.3 is 0 Å². The summed E-state index contributed by atoms with van der Waals surface area (Å²) in [4.78, 5) is 2.27. The molecule has 2 rings (SSSR count). The molecule has 0 fully saturated rings. The second kappa shape index (κ2) is 3.57. The first kappa shape index (κ1) is 11.6. The number of nitrogens with zero attached hydrogens (tertiary/aromatic N) is 1. The largest absolute Gasteiger partial charge is 0.252 e. The molecule has 0 amide bonds. The third-order valence-corrected chi connectivity index (χ3v) is 2.07. The summed E-state index contributed by atoms with van der Waals surface area (Å²) in [6, 6.07) is 0. The van der Waals surface area contributed by atoms with Gasteiger partial charge in [0.05, 0.1) is 10.8 Å². The fourth-order valence-corrected chi connectivity index (χ4v) is 1.33. The number of rotatable bonds is 0. The van der Waals surface area contributed by atoms with Crippen molar-refractivity contribution in [1.29, 1.82) is 0 Å². The van der Waals surface area contributed by atoms with Crippen LogP contribution in [0.15, 0.2) is 0 Å². The summed E-state index contributed by atoms with van der Waals surface area (Å²) >= 11 is 0. The fourth-order valence-electron chi connectivity index (χ4n) is 1.33. The zero-order valence-electron chi connectivity index (χ0n) is 7.59. The van der Waals surface area contributed by atoms with Gasteiger partial charge in [0.15, 0.2) is 29.1 Å². The maximum atomic E-state index is 13.1. The van der Waals surface area contributed by atoms with Crippen LogP contribution in [0.1, 0.15) is 0 Å². The minimum Gasteiger partial charge on any atom is -0.203 e. The topological polar surface area (TPSA) is 12.9 Å². The maximum Gasteiger partial charge on any atom is 0.252 e. The molecule has 17 heavy (non-hydrogen) atoms. The molecule has 0 saturated heterocycles. The first-order chi connectivity index (χ1) is 7.86. The van der Waals surface area contributed by atoms with Gasteiger partial charge in [-0.25, -0.2) is 22.0 Å². The second-order valence-corrected chi connectivity index (χ2v) is 3.01. The summed E-state index contributed by atoms with van der Waals surface area (Å²) in [5, 5.41) is -3.24. The third-order valence-electron chi connectivity index (χ3n) is 2.07. The highest BCUT2D eigenvalue weighted by Gasteiger charge is 2.27. The molecule has 0 saturated carbocycles. The Morgan fingerprint density at radius 2 is 0.941 bits per heavy atom. The SMILES string of the molecule is Fc1nc(F)c2c(F)c(F)c(F)c(F)c2c1F. The molecule has 0 radical (unpaired) electrons. The predicted molar refractivity (Wildman–Crippen MR) is 41.4 cm³/mol. The summed E-state index contributed by atoms with van der Waals surface area (Å²) in [5.41, 5.74) is 0. The van der Waals surface area contributed by atoms with E-state index < -0.39 is 51.8 Å². The van der Waals surface area contributed by atoms with Crippen LogP contribution in [0.25, 0.3) is 10.8 Å². The summed E-state index contributed by atoms with van der Waals surface area (Å²) in [6.07, 6.45) is 0. The standard InChI is InChI=1S/C9F7N/c10-3-1-2(4(11)7(14)6(3)13)8(15)17-9(16)5(1)12. The average Bonchev–Trinajstić information content (AvgIpc) is 2.28. The Labute approximate surface area is 88.5 Å². The van der Waals surface area contributed by atoms with Gasteiger partial charge in [-0.05, 0) is 0 Å². The number of hydrogen-bond acceptors (Lipinski definition) is 1. The van der Waals surface area contributed by atoms with Gasteiger partial charge >= 0.3 is 0 Å². The van der Waals surface area contributed by atoms with Gasteiger partial charge in [0.25, 0.3) is 5.95 Å². The third kappa shape index (κ3) is 1.43. The van der Waals surface area contributed by atoms with Crippen molar-refractivity contribution >= 4 is 10.8 Å². The molecule has 0 aliphatic carbocycles. The summed E-state index contributed by atoms with van der Waals surface area (Å²) < 4.78 is 90.2. The Balaban J connectivity index is 3.17. The lowest BCUT2D eigenvalue weighted by Gasteiger charge is -2.06. The summed E-state index contributed by atoms with van der Waals surface area (Å²) in [7, 11) is 0. The van der Waals surface area contributed by atoms with Crippen molar-refractivity contribution in [3.8, 4) is 0 Å². The van der Waals surface area contributed by atoms with Crippen LogP contribution in [0.5, 0.6) is 0 Å². The van der Waals surface area contributed by atoms with Gasteiger partial charge in [0.1, 0.15) is 0 Å². The zero-order valence-corrected chi connectivity index (χ0v) is 7.59. The minimum absolute atomic E-state index is 1.58. The molecule has 2 aromatic rings. The van der Waals surface area contributed by atoms with Gasteiger partial charge in [0, 0.05) is 0 Å². The number of aromatic nitrogens is 1. The van der Waals surface area contributed by atoms with Crippen molar-refractivity contribution in [1.82, 2.24) is 4.98 Å². The van der Waals surface area contributed by atoms with E-state index in [-0.39, 0.29) is 0 Å². The van der Waals surface area contributed by atoms with E-state index in [1.807, 2.05) is 0 Å². The molecule has 0 atom stereocenters. The average molecular weight is 255 g/mol. The van der Waals surface area contributed by atoms with Gasteiger partial charge in [-0.1, -0.05) is 0 Å². The molecule has 0 N–H and O–H groups in total. The Kier molecular flexibility index (Phi) is 2.44. The molecule has 1 aromatic carbocycles. The van der Waals surface area contributed by atoms with Crippen molar-refractivity contribution in [2.24, 2.45) is 0 Å². The molecule has 90 valence electrons. The molecule has 0 bridgehead atoms. The Hall–Kier alpha value is -1.86. The van der Waals surface area contributed by atoms with Crippen LogP contribution < -0.4 is 0 Å². The number of hydrogen-bond donors (Lipinski definition) is 0. The fraction of sp³-hybridized carbons (Fsp3) is 0. The van der Waals surface area contributed by atoms with Crippen molar-refractivity contribution < 1.29 is 30.7 Å². The van der Waals surface area contributed by atoms with Gasteiger partial charge in [-0.15, -0.1) is 0 Å². The smallest absolute Gasteiger partial charge is 0.203 e. The molecule has 0 aliphatic rings. The van der Waals surface area contributed by atoms with Gasteiger partial charge in [0.2, 0.25) is 5.95 Å². The molecule has 1 aromatic heterocycles. The van der Waals surface area contributed by atoms with E-state index in [0.717, 1.165) is 0 Å². The highest BCUT2D eigenvalue weighted by atomic mass is 19.2. The lowest BCUT2D eigenvalue weighted by molar-refractivity contribution is 0.406. The highest BCUT2D eigenvalue weighted by molar-refractivity contribution is 5.84. The van der Waals surface area contributed by atoms with Gasteiger partial charge in [-0.2, -0.15) is 13.8 Å². The molecule has 1 nitrogen and oxygen atoms in total. The molecule has 0 spiro atoms. The molecular weight excluding hydrogens is 255 g/mol. The Morgan fingerprint density at radius 3 is 1.47 bits per heavy atom. The molecule has 1 heterocycles. The van der Waals surface area contributed by atoms with E-state index in [4.69, 9.17) is 0 Å². The van der Waals surface area contributed by atoms with Crippen molar-refractivity contribution in [2.75, 3.05) is 0 Å². The van der Waals surface area contributed by atoms with Crippen LogP contribution in [0.4, 0.5) is 30.7 Å². The van der Waals surface area contributed by atoms with E-state index in [1.165, 1.54) is 0 Å². The molecular formula is C9F7N. The molecule has 0 unspecified atom stereocenters. The Bertz CT molecular complexity index is 638. The van der Waals surface area contributed by atoms with E-state index in [9.17, 15) is 30.7 Å². The Morgan fingerprint density at radius 1 is 0.471 bits per heavy atom. The van der Waals surface area contributed by atoms with E-state index in [2.05, 4.69) is 4.98 Å². The van der Waals surface area contributed by atoms with E-state index in [0.29, 0.717) is 0 Å². The second-order valence-electron chi connectivity index (χ2n) is 3.01. The number of benzene rings is 1. The van der Waals surface area contributed by atoms with Crippen LogP contribution in [0, 0.1) is 41.0 Å². The van der Waals surface area contributed by atoms with Crippen LogP contribution in [0.3, 0.4) is 0 Å². The first-order valence-corrected chi connectivity index (χ1v) is 4.02. The van der Waals surface area contributed by atoms with Crippen molar-refractivity contribution in [3.63, 3.8) is 0 Å². The monoisotopic (exact) mass is 255 g/mol. The number of pyridine rings is 1. The van der Waals surface area contributed by atoms with Crippen LogP contribution in [-0.2, 0) is 0 Å². The number of fused-ring (bicyclic) bond motifs is 1. The lowest BCUT2D eigenvalue weighted by atomic mass is 10.1. The van der Waals surface area contributed by atoms with Crippen molar-refractivity contribution in [2.45, 2.75) is 0 Å². The summed E-state index contributed by atoms with van der Waals surface area (Å²) in [6.45, 7) is 0. The minimum atomic E-state index is -2.36. The number of halogens is 7.